The summed E-state index contributed by atoms with van der Waals surface area (Å²) in [7, 11) is 1.73. The van der Waals surface area contributed by atoms with Gasteiger partial charge in [0.05, 0.1) is 0 Å². The average Bonchev–Trinajstić information content (AvgIpc) is 2.58. The van der Waals surface area contributed by atoms with Crippen molar-refractivity contribution in [1.29, 1.82) is 0 Å². The van der Waals surface area contributed by atoms with Gasteiger partial charge in [-0.2, -0.15) is 5.10 Å². The standard InChI is InChI=1S/C11H20N4O/c1-4-6-15(7-5-2)11(16)9-8-10(12)14(3)13-9/h8H,4-7,12H2,1-3H3. The molecule has 0 saturated carbocycles. The first-order valence-corrected chi connectivity index (χ1v) is 5.68. The average molecular weight is 224 g/mol. The number of aromatic nitrogens is 2. The lowest BCUT2D eigenvalue weighted by Crippen LogP contribution is -2.32. The molecule has 0 aromatic carbocycles. The first-order chi connectivity index (χ1) is 7.60. The van der Waals surface area contributed by atoms with E-state index in [1.54, 1.807) is 13.1 Å². The molecule has 0 spiro atoms. The zero-order chi connectivity index (χ0) is 12.1. The second-order valence-electron chi connectivity index (χ2n) is 3.87. The number of carbonyl (C=O) groups is 1. The van der Waals surface area contributed by atoms with Gasteiger partial charge in [0.2, 0.25) is 0 Å². The number of hydrogen-bond donors (Lipinski definition) is 1. The molecule has 0 saturated heterocycles. The number of rotatable bonds is 5. The molecule has 2 N–H and O–H groups in total. The molecular weight excluding hydrogens is 204 g/mol. The Morgan fingerprint density at radius 3 is 2.38 bits per heavy atom. The highest BCUT2D eigenvalue weighted by Gasteiger charge is 2.17. The van der Waals surface area contributed by atoms with Crippen molar-refractivity contribution >= 4 is 11.7 Å². The summed E-state index contributed by atoms with van der Waals surface area (Å²) in [5.74, 6) is 0.479. The Balaban J connectivity index is 2.81. The zero-order valence-electron chi connectivity index (χ0n) is 10.2. The monoisotopic (exact) mass is 224 g/mol. The molecule has 16 heavy (non-hydrogen) atoms. The Morgan fingerprint density at radius 1 is 1.44 bits per heavy atom. The molecule has 90 valence electrons. The summed E-state index contributed by atoms with van der Waals surface area (Å²) in [4.78, 5) is 13.9. The van der Waals surface area contributed by atoms with E-state index in [-0.39, 0.29) is 5.91 Å². The summed E-state index contributed by atoms with van der Waals surface area (Å²) in [5.41, 5.74) is 6.09. The van der Waals surface area contributed by atoms with E-state index in [1.165, 1.54) is 4.68 Å². The molecule has 1 amide bonds. The van der Waals surface area contributed by atoms with Gasteiger partial charge >= 0.3 is 0 Å². The summed E-state index contributed by atoms with van der Waals surface area (Å²) < 4.78 is 1.52. The quantitative estimate of drug-likeness (QED) is 0.819. The number of hydrogen-bond acceptors (Lipinski definition) is 3. The first-order valence-electron chi connectivity index (χ1n) is 5.68. The minimum atomic E-state index is -0.0315. The van der Waals surface area contributed by atoms with Crippen LogP contribution >= 0.6 is 0 Å². The van der Waals surface area contributed by atoms with Crippen molar-refractivity contribution in [2.45, 2.75) is 26.7 Å². The van der Waals surface area contributed by atoms with E-state index in [9.17, 15) is 4.79 Å². The maximum atomic E-state index is 12.1. The van der Waals surface area contributed by atoms with Crippen molar-refractivity contribution in [3.8, 4) is 0 Å². The van der Waals surface area contributed by atoms with Crippen LogP contribution in [0.1, 0.15) is 37.2 Å². The van der Waals surface area contributed by atoms with Crippen LogP contribution in [-0.4, -0.2) is 33.7 Å². The van der Waals surface area contributed by atoms with Crippen LogP contribution in [0.5, 0.6) is 0 Å². The molecule has 1 aromatic rings. The van der Waals surface area contributed by atoms with E-state index in [1.807, 2.05) is 4.90 Å². The number of nitrogens with zero attached hydrogens (tertiary/aromatic N) is 3. The summed E-state index contributed by atoms with van der Waals surface area (Å²) in [6, 6.07) is 1.63. The normalized spacial score (nSPS) is 10.4. The lowest BCUT2D eigenvalue weighted by atomic mass is 10.3. The first kappa shape index (κ1) is 12.5. The van der Waals surface area contributed by atoms with Crippen LogP contribution < -0.4 is 5.73 Å². The smallest absolute Gasteiger partial charge is 0.274 e. The minimum absolute atomic E-state index is 0.0315. The fourth-order valence-corrected chi connectivity index (χ4v) is 1.60. The zero-order valence-corrected chi connectivity index (χ0v) is 10.2. The lowest BCUT2D eigenvalue weighted by Gasteiger charge is -2.19. The van der Waals surface area contributed by atoms with Crippen LogP contribution in [0, 0.1) is 0 Å². The summed E-state index contributed by atoms with van der Waals surface area (Å²) in [6.45, 7) is 5.65. The third kappa shape index (κ3) is 2.74. The van der Waals surface area contributed by atoms with Gasteiger partial charge in [0.15, 0.2) is 5.69 Å². The number of aryl methyl sites for hydroxylation is 1. The van der Waals surface area contributed by atoms with Gasteiger partial charge in [0.25, 0.3) is 5.91 Å². The molecule has 0 radical (unpaired) electrons. The Bertz CT molecular complexity index is 333. The maximum absolute atomic E-state index is 12.1. The van der Waals surface area contributed by atoms with Gasteiger partial charge in [-0.25, -0.2) is 0 Å². The van der Waals surface area contributed by atoms with Crippen LogP contribution in [0.2, 0.25) is 0 Å². The molecule has 0 bridgehead atoms. The Kier molecular flexibility index (Phi) is 4.34. The molecule has 1 rings (SSSR count). The van der Waals surface area contributed by atoms with Gasteiger partial charge in [-0.3, -0.25) is 9.48 Å². The fourth-order valence-electron chi connectivity index (χ4n) is 1.60. The molecule has 0 atom stereocenters. The second-order valence-corrected chi connectivity index (χ2v) is 3.87. The van der Waals surface area contributed by atoms with Crippen molar-refractivity contribution in [2.75, 3.05) is 18.8 Å². The van der Waals surface area contributed by atoms with Crippen LogP contribution in [-0.2, 0) is 7.05 Å². The largest absolute Gasteiger partial charge is 0.384 e. The highest BCUT2D eigenvalue weighted by atomic mass is 16.2. The number of carbonyl (C=O) groups excluding carboxylic acids is 1. The van der Waals surface area contributed by atoms with Gasteiger partial charge in [-0.1, -0.05) is 13.8 Å². The van der Waals surface area contributed by atoms with Gasteiger partial charge in [-0.05, 0) is 12.8 Å². The molecule has 0 aliphatic rings. The molecule has 1 heterocycles. The molecule has 0 aliphatic heterocycles. The molecule has 0 unspecified atom stereocenters. The lowest BCUT2D eigenvalue weighted by molar-refractivity contribution is 0.0749. The maximum Gasteiger partial charge on any atom is 0.274 e. The fraction of sp³-hybridized carbons (Fsp3) is 0.636. The van der Waals surface area contributed by atoms with Gasteiger partial charge in [0.1, 0.15) is 5.82 Å². The van der Waals surface area contributed by atoms with Gasteiger partial charge in [-0.15, -0.1) is 0 Å². The third-order valence-electron chi connectivity index (χ3n) is 2.41. The summed E-state index contributed by atoms with van der Waals surface area (Å²) in [5, 5.41) is 4.10. The van der Waals surface area contributed by atoms with E-state index in [4.69, 9.17) is 5.73 Å². The predicted molar refractivity (Wildman–Crippen MR) is 64.1 cm³/mol. The molecule has 0 fully saturated rings. The van der Waals surface area contributed by atoms with E-state index in [0.29, 0.717) is 11.5 Å². The molecular formula is C11H20N4O. The van der Waals surface area contributed by atoms with Crippen LogP contribution in [0.4, 0.5) is 5.82 Å². The number of anilines is 1. The summed E-state index contributed by atoms with van der Waals surface area (Å²) in [6.07, 6.45) is 1.90. The highest BCUT2D eigenvalue weighted by Crippen LogP contribution is 2.08. The molecule has 5 nitrogen and oxygen atoms in total. The van der Waals surface area contributed by atoms with Crippen LogP contribution in [0.25, 0.3) is 0 Å². The van der Waals surface area contributed by atoms with Gasteiger partial charge < -0.3 is 10.6 Å². The van der Waals surface area contributed by atoms with Crippen LogP contribution in [0.15, 0.2) is 6.07 Å². The SMILES string of the molecule is CCCN(CCC)C(=O)c1cc(N)n(C)n1. The predicted octanol–water partition coefficient (Wildman–Crippen LogP) is 1.26. The van der Waals surface area contributed by atoms with Crippen LogP contribution in [0.3, 0.4) is 0 Å². The Hall–Kier alpha value is -1.52. The van der Waals surface area contributed by atoms with E-state index in [2.05, 4.69) is 18.9 Å². The van der Waals surface area contributed by atoms with Crippen molar-refractivity contribution in [3.63, 3.8) is 0 Å². The number of amides is 1. The third-order valence-corrected chi connectivity index (χ3v) is 2.41. The van der Waals surface area contributed by atoms with E-state index < -0.39 is 0 Å². The van der Waals surface area contributed by atoms with Crippen molar-refractivity contribution in [2.24, 2.45) is 7.05 Å². The molecule has 0 aliphatic carbocycles. The highest BCUT2D eigenvalue weighted by molar-refractivity contribution is 5.93. The Labute approximate surface area is 96.2 Å². The molecule has 1 aromatic heterocycles. The molecule has 5 heteroatoms. The summed E-state index contributed by atoms with van der Waals surface area (Å²) >= 11 is 0. The second kappa shape index (κ2) is 5.53. The van der Waals surface area contributed by atoms with Crippen molar-refractivity contribution in [1.82, 2.24) is 14.7 Å². The number of nitrogens with two attached hydrogens (primary N) is 1. The van der Waals surface area contributed by atoms with Crippen molar-refractivity contribution in [3.05, 3.63) is 11.8 Å². The van der Waals surface area contributed by atoms with Crippen molar-refractivity contribution < 1.29 is 4.79 Å². The topological polar surface area (TPSA) is 64.2 Å². The van der Waals surface area contributed by atoms with E-state index >= 15 is 0 Å². The van der Waals surface area contributed by atoms with Gasteiger partial charge in [0, 0.05) is 26.2 Å². The van der Waals surface area contributed by atoms with E-state index in [0.717, 1.165) is 25.9 Å². The Morgan fingerprint density at radius 2 is 2.00 bits per heavy atom. The minimum Gasteiger partial charge on any atom is -0.384 e. The number of nitrogen functional groups attached to an aromatic ring is 1.